The van der Waals surface area contributed by atoms with Gasteiger partial charge in [0.1, 0.15) is 12.4 Å². The van der Waals surface area contributed by atoms with Gasteiger partial charge in [0.2, 0.25) is 0 Å². The van der Waals surface area contributed by atoms with Crippen LogP contribution in [0.3, 0.4) is 0 Å². The van der Waals surface area contributed by atoms with Crippen LogP contribution in [0, 0.1) is 6.92 Å². The molecule has 0 bridgehead atoms. The maximum Gasteiger partial charge on any atom is 0.305 e. The fraction of sp³-hybridized carbons (Fsp3) is 0.556. The molecule has 0 heterocycles. The molecule has 1 aromatic rings. The molecule has 1 aromatic carbocycles. The van der Waals surface area contributed by atoms with E-state index in [1.165, 1.54) is 5.56 Å². The Balaban J connectivity index is 0.00000576. The van der Waals surface area contributed by atoms with Crippen molar-refractivity contribution in [2.45, 2.75) is 33.6 Å². The molecule has 0 aliphatic carbocycles. The first kappa shape index (κ1) is 23.5. The molecule has 1 rings (SSSR count). The Bertz CT molecular complexity index is 507. The smallest absolute Gasteiger partial charge is 0.305 e. The molecule has 2 N–H and O–H groups in total. The minimum Gasteiger partial charge on any atom is -0.492 e. The van der Waals surface area contributed by atoms with Gasteiger partial charge in [-0.1, -0.05) is 17.7 Å². The van der Waals surface area contributed by atoms with Crippen molar-refractivity contribution in [1.82, 2.24) is 10.6 Å². The Morgan fingerprint density at radius 2 is 1.88 bits per heavy atom. The Labute approximate surface area is 167 Å². The van der Waals surface area contributed by atoms with Gasteiger partial charge in [-0.05, 0) is 39.3 Å². The molecule has 0 aliphatic rings. The second kappa shape index (κ2) is 14.8. The van der Waals surface area contributed by atoms with E-state index in [9.17, 15) is 4.79 Å². The zero-order chi connectivity index (χ0) is 17.6. The van der Waals surface area contributed by atoms with Crippen LogP contribution >= 0.6 is 24.0 Å². The van der Waals surface area contributed by atoms with Gasteiger partial charge in [-0.3, -0.25) is 9.79 Å². The van der Waals surface area contributed by atoms with Gasteiger partial charge in [0, 0.05) is 19.5 Å². The lowest BCUT2D eigenvalue weighted by atomic mass is 10.2. The Morgan fingerprint density at radius 1 is 1.16 bits per heavy atom. The predicted octanol–water partition coefficient (Wildman–Crippen LogP) is 2.89. The number of rotatable bonds is 10. The fourth-order valence-corrected chi connectivity index (χ4v) is 1.96. The Kier molecular flexibility index (Phi) is 13.9. The fourth-order valence-electron chi connectivity index (χ4n) is 1.96. The maximum absolute atomic E-state index is 11.3. The lowest BCUT2D eigenvalue weighted by Crippen LogP contribution is -2.39. The van der Waals surface area contributed by atoms with Crippen molar-refractivity contribution in [3.05, 3.63) is 29.8 Å². The highest BCUT2D eigenvalue weighted by Crippen LogP contribution is 2.10. The molecular weight excluding hydrogens is 433 g/mol. The van der Waals surface area contributed by atoms with Crippen molar-refractivity contribution >= 4 is 35.9 Å². The quantitative estimate of drug-likeness (QED) is 0.184. The minimum absolute atomic E-state index is 0. The van der Waals surface area contributed by atoms with E-state index in [1.54, 1.807) is 0 Å². The molecular formula is C18H30IN3O3. The molecule has 0 amide bonds. The number of ether oxygens (including phenoxy) is 2. The average Bonchev–Trinajstić information content (AvgIpc) is 2.57. The number of hydrogen-bond acceptors (Lipinski definition) is 4. The Morgan fingerprint density at radius 3 is 2.52 bits per heavy atom. The normalized spacial score (nSPS) is 10.6. The van der Waals surface area contributed by atoms with Gasteiger partial charge in [0.25, 0.3) is 0 Å². The maximum atomic E-state index is 11.3. The first-order valence-corrected chi connectivity index (χ1v) is 8.53. The largest absolute Gasteiger partial charge is 0.492 e. The first-order chi connectivity index (χ1) is 11.7. The standard InChI is InChI=1S/C18H29N3O3.HI/c1-4-19-18(20-12-6-7-17(22)23-5-2)21-13-14-24-16-10-8-15(3)9-11-16;/h8-11H,4-7,12-14H2,1-3H3,(H2,19,20,21);1H. The van der Waals surface area contributed by atoms with Gasteiger partial charge in [0.15, 0.2) is 5.96 Å². The third kappa shape index (κ3) is 11.6. The number of aliphatic imine (C=N–C) groups is 1. The van der Waals surface area contributed by atoms with E-state index in [2.05, 4.69) is 15.6 Å². The third-order valence-electron chi connectivity index (χ3n) is 3.14. The summed E-state index contributed by atoms with van der Waals surface area (Å²) in [5, 5.41) is 6.38. The van der Waals surface area contributed by atoms with Crippen LogP contribution in [0.1, 0.15) is 32.3 Å². The molecule has 0 unspecified atom stereocenters. The topological polar surface area (TPSA) is 72.0 Å². The van der Waals surface area contributed by atoms with Crippen LogP contribution in [-0.2, 0) is 9.53 Å². The van der Waals surface area contributed by atoms with Crippen LogP contribution < -0.4 is 15.4 Å². The zero-order valence-electron chi connectivity index (χ0n) is 15.3. The lowest BCUT2D eigenvalue weighted by Gasteiger charge is -2.12. The first-order valence-electron chi connectivity index (χ1n) is 8.53. The highest BCUT2D eigenvalue weighted by atomic mass is 127. The van der Waals surface area contributed by atoms with Crippen LogP contribution in [-0.4, -0.2) is 44.8 Å². The summed E-state index contributed by atoms with van der Waals surface area (Å²) in [5.41, 5.74) is 1.21. The van der Waals surface area contributed by atoms with E-state index >= 15 is 0 Å². The molecule has 0 aromatic heterocycles. The second-order valence-electron chi connectivity index (χ2n) is 5.26. The second-order valence-corrected chi connectivity index (χ2v) is 5.26. The molecule has 0 spiro atoms. The van der Waals surface area contributed by atoms with Crippen LogP contribution in [0.5, 0.6) is 5.75 Å². The number of carbonyl (C=O) groups excluding carboxylic acids is 1. The number of halogens is 1. The number of esters is 1. The minimum atomic E-state index is -0.169. The van der Waals surface area contributed by atoms with Crippen LogP contribution in [0.25, 0.3) is 0 Å². The molecule has 0 saturated carbocycles. The van der Waals surface area contributed by atoms with Gasteiger partial charge in [-0.15, -0.1) is 24.0 Å². The summed E-state index contributed by atoms with van der Waals surface area (Å²) < 4.78 is 10.6. The summed E-state index contributed by atoms with van der Waals surface area (Å²) >= 11 is 0. The molecule has 6 nitrogen and oxygen atoms in total. The molecule has 0 fully saturated rings. The van der Waals surface area contributed by atoms with Crippen LogP contribution in [0.2, 0.25) is 0 Å². The van der Waals surface area contributed by atoms with Gasteiger partial charge >= 0.3 is 5.97 Å². The third-order valence-corrected chi connectivity index (χ3v) is 3.14. The summed E-state index contributed by atoms with van der Waals surface area (Å²) in [4.78, 5) is 15.7. The number of carbonyl (C=O) groups is 1. The van der Waals surface area contributed by atoms with E-state index in [4.69, 9.17) is 9.47 Å². The molecule has 0 radical (unpaired) electrons. The van der Waals surface area contributed by atoms with Crippen molar-refractivity contribution in [3.8, 4) is 5.75 Å². The lowest BCUT2D eigenvalue weighted by molar-refractivity contribution is -0.143. The summed E-state index contributed by atoms with van der Waals surface area (Å²) in [7, 11) is 0. The highest BCUT2D eigenvalue weighted by Gasteiger charge is 2.01. The van der Waals surface area contributed by atoms with E-state index < -0.39 is 0 Å². The molecule has 25 heavy (non-hydrogen) atoms. The van der Waals surface area contributed by atoms with Crippen LogP contribution in [0.15, 0.2) is 29.3 Å². The van der Waals surface area contributed by atoms with E-state index in [0.717, 1.165) is 18.3 Å². The number of aryl methyl sites for hydroxylation is 1. The summed E-state index contributed by atoms with van der Waals surface area (Å²) in [6.45, 7) is 8.85. The number of guanidine groups is 1. The predicted molar refractivity (Wildman–Crippen MR) is 112 cm³/mol. The van der Waals surface area contributed by atoms with Gasteiger partial charge < -0.3 is 20.1 Å². The molecule has 0 saturated heterocycles. The SMILES string of the molecule is CCNC(=NCCCC(=O)OCC)NCCOc1ccc(C)cc1.I. The average molecular weight is 463 g/mol. The number of benzene rings is 1. The zero-order valence-corrected chi connectivity index (χ0v) is 17.7. The monoisotopic (exact) mass is 463 g/mol. The molecule has 0 aliphatic heterocycles. The summed E-state index contributed by atoms with van der Waals surface area (Å²) in [6, 6.07) is 7.98. The van der Waals surface area contributed by atoms with E-state index in [0.29, 0.717) is 39.1 Å². The molecule has 142 valence electrons. The van der Waals surface area contributed by atoms with Crippen molar-refractivity contribution < 1.29 is 14.3 Å². The van der Waals surface area contributed by atoms with Crippen molar-refractivity contribution in [2.24, 2.45) is 4.99 Å². The van der Waals surface area contributed by atoms with Gasteiger partial charge in [0.05, 0.1) is 13.2 Å². The van der Waals surface area contributed by atoms with E-state index in [-0.39, 0.29) is 29.9 Å². The molecule has 0 atom stereocenters. The van der Waals surface area contributed by atoms with Crippen LogP contribution in [0.4, 0.5) is 0 Å². The van der Waals surface area contributed by atoms with Gasteiger partial charge in [-0.2, -0.15) is 0 Å². The number of nitrogens with one attached hydrogen (secondary N) is 2. The van der Waals surface area contributed by atoms with Crippen molar-refractivity contribution in [2.75, 3.05) is 32.8 Å². The Hall–Kier alpha value is -1.51. The van der Waals surface area contributed by atoms with Gasteiger partial charge in [-0.25, -0.2) is 0 Å². The number of nitrogens with zero attached hydrogens (tertiary/aromatic N) is 1. The number of hydrogen-bond donors (Lipinski definition) is 2. The summed E-state index contributed by atoms with van der Waals surface area (Å²) in [5.74, 6) is 1.42. The van der Waals surface area contributed by atoms with E-state index in [1.807, 2.05) is 45.0 Å². The highest BCUT2D eigenvalue weighted by molar-refractivity contribution is 14.0. The van der Waals surface area contributed by atoms with Crippen molar-refractivity contribution in [1.29, 1.82) is 0 Å². The molecule has 7 heteroatoms. The summed E-state index contributed by atoms with van der Waals surface area (Å²) in [6.07, 6.45) is 1.07. The van der Waals surface area contributed by atoms with Crippen molar-refractivity contribution in [3.63, 3.8) is 0 Å².